The predicted octanol–water partition coefficient (Wildman–Crippen LogP) is 3.75. The number of furan rings is 1. The van der Waals surface area contributed by atoms with Crippen LogP contribution in [-0.4, -0.2) is 40.3 Å². The Hall–Kier alpha value is -2.15. The Bertz CT molecular complexity index is 837. The molecular weight excluding hydrogens is 394 g/mol. The molecule has 4 rings (SSSR count). The van der Waals surface area contributed by atoms with Crippen molar-refractivity contribution in [2.75, 3.05) is 13.1 Å². The second-order valence-corrected chi connectivity index (χ2v) is 8.92. The number of esters is 1. The fourth-order valence-corrected chi connectivity index (χ4v) is 4.86. The van der Waals surface area contributed by atoms with E-state index in [1.165, 1.54) is 0 Å². The summed E-state index contributed by atoms with van der Waals surface area (Å²) in [6, 6.07) is 12.9. The normalized spacial score (nSPS) is 21.0. The van der Waals surface area contributed by atoms with Crippen LogP contribution in [0.15, 0.2) is 46.9 Å². The van der Waals surface area contributed by atoms with E-state index in [1.54, 1.807) is 12.1 Å². The van der Waals surface area contributed by atoms with Gasteiger partial charge < -0.3 is 19.4 Å². The van der Waals surface area contributed by atoms with Crippen LogP contribution in [0.1, 0.15) is 62.0 Å². The number of aliphatic hydroxyl groups is 2. The summed E-state index contributed by atoms with van der Waals surface area (Å²) in [6.07, 6.45) is 6.17. The lowest BCUT2D eigenvalue weighted by Gasteiger charge is -2.36. The zero-order valence-corrected chi connectivity index (χ0v) is 18.0. The summed E-state index contributed by atoms with van der Waals surface area (Å²) in [7, 11) is 0. The second kappa shape index (κ2) is 9.98. The zero-order chi connectivity index (χ0) is 21.7. The van der Waals surface area contributed by atoms with Crippen molar-refractivity contribution in [3.8, 4) is 0 Å². The highest BCUT2D eigenvalue weighted by Crippen LogP contribution is 2.40. The first-order valence-corrected chi connectivity index (χ1v) is 11.5. The lowest BCUT2D eigenvalue weighted by Crippen LogP contribution is -2.45. The summed E-state index contributed by atoms with van der Waals surface area (Å²) < 4.78 is 11.5. The molecule has 2 aromatic rings. The fraction of sp³-hybridized carbons (Fsp3) is 0.560. The third-order valence-electron chi connectivity index (χ3n) is 6.72. The number of hydrogen-bond donors (Lipinski definition) is 2. The largest absolute Gasteiger partial charge is 0.461 e. The van der Waals surface area contributed by atoms with Crippen molar-refractivity contribution in [1.82, 2.24) is 4.90 Å². The molecule has 1 saturated carbocycles. The van der Waals surface area contributed by atoms with Gasteiger partial charge in [0, 0.05) is 19.0 Å². The smallest absolute Gasteiger partial charge is 0.343 e. The molecule has 6 heteroatoms. The minimum atomic E-state index is -1.63. The Kier molecular flexibility index (Phi) is 7.10. The SMILES string of the molecule is O=C(OCc1ccc(CN2CCC(O)CC2)o1)[C@@](O)(c1ccccc1)C1CCCCC1. The van der Waals surface area contributed by atoms with Crippen molar-refractivity contribution in [2.24, 2.45) is 5.92 Å². The summed E-state index contributed by atoms with van der Waals surface area (Å²) in [5.74, 6) is 0.638. The van der Waals surface area contributed by atoms with Gasteiger partial charge in [-0.2, -0.15) is 0 Å². The van der Waals surface area contributed by atoms with Crippen LogP contribution in [0.4, 0.5) is 0 Å². The number of aliphatic hydroxyl groups excluding tert-OH is 1. The van der Waals surface area contributed by atoms with Crippen LogP contribution >= 0.6 is 0 Å². The Morgan fingerprint density at radius 1 is 1.00 bits per heavy atom. The summed E-state index contributed by atoms with van der Waals surface area (Å²) in [6.45, 7) is 2.37. The molecule has 1 aliphatic heterocycles. The number of nitrogens with zero attached hydrogens (tertiary/aromatic N) is 1. The van der Waals surface area contributed by atoms with Gasteiger partial charge in [-0.15, -0.1) is 0 Å². The lowest BCUT2D eigenvalue weighted by molar-refractivity contribution is -0.177. The third-order valence-corrected chi connectivity index (χ3v) is 6.72. The van der Waals surface area contributed by atoms with E-state index in [0.29, 0.717) is 17.9 Å². The summed E-state index contributed by atoms with van der Waals surface area (Å²) >= 11 is 0. The zero-order valence-electron chi connectivity index (χ0n) is 18.0. The highest BCUT2D eigenvalue weighted by molar-refractivity contribution is 5.81. The molecule has 0 radical (unpaired) electrons. The van der Waals surface area contributed by atoms with Gasteiger partial charge in [-0.05, 0) is 43.4 Å². The molecule has 31 heavy (non-hydrogen) atoms. The van der Waals surface area contributed by atoms with Crippen LogP contribution in [0.2, 0.25) is 0 Å². The number of likely N-dealkylation sites (tertiary alicyclic amines) is 1. The lowest BCUT2D eigenvalue weighted by atomic mass is 9.73. The molecular formula is C25H33NO5. The molecule has 1 aliphatic carbocycles. The second-order valence-electron chi connectivity index (χ2n) is 8.92. The number of ether oxygens (including phenoxy) is 1. The van der Waals surface area contributed by atoms with Crippen molar-refractivity contribution in [3.05, 3.63) is 59.5 Å². The van der Waals surface area contributed by atoms with Gasteiger partial charge in [0.05, 0.1) is 12.6 Å². The van der Waals surface area contributed by atoms with E-state index in [9.17, 15) is 15.0 Å². The predicted molar refractivity (Wildman–Crippen MR) is 116 cm³/mol. The molecule has 2 N–H and O–H groups in total. The highest BCUT2D eigenvalue weighted by atomic mass is 16.6. The van der Waals surface area contributed by atoms with Crippen LogP contribution in [0.5, 0.6) is 0 Å². The topological polar surface area (TPSA) is 83.1 Å². The van der Waals surface area contributed by atoms with E-state index < -0.39 is 11.6 Å². The van der Waals surface area contributed by atoms with Crippen molar-refractivity contribution < 1.29 is 24.2 Å². The standard InChI is InChI=1S/C25H33NO5/c27-21-13-15-26(16-14-21)17-22-11-12-23(31-22)18-30-24(28)25(29,19-7-3-1-4-8-19)20-9-5-2-6-10-20/h1,3-4,7-8,11-12,20-21,27,29H,2,5-6,9-10,13-18H2/t25-/m1/s1. The Morgan fingerprint density at radius 3 is 2.39 bits per heavy atom. The molecule has 6 nitrogen and oxygen atoms in total. The van der Waals surface area contributed by atoms with Gasteiger partial charge in [-0.3, -0.25) is 4.90 Å². The van der Waals surface area contributed by atoms with E-state index in [2.05, 4.69) is 4.90 Å². The molecule has 0 amide bonds. The number of hydrogen-bond acceptors (Lipinski definition) is 6. The van der Waals surface area contributed by atoms with Crippen molar-refractivity contribution in [1.29, 1.82) is 0 Å². The first-order valence-electron chi connectivity index (χ1n) is 11.5. The van der Waals surface area contributed by atoms with Crippen LogP contribution in [0.3, 0.4) is 0 Å². The van der Waals surface area contributed by atoms with Gasteiger partial charge in [0.1, 0.15) is 18.1 Å². The fourth-order valence-electron chi connectivity index (χ4n) is 4.86. The number of carbonyl (C=O) groups is 1. The van der Waals surface area contributed by atoms with E-state index in [0.717, 1.165) is 63.8 Å². The number of piperidine rings is 1. The maximum absolute atomic E-state index is 13.1. The van der Waals surface area contributed by atoms with Crippen molar-refractivity contribution >= 4 is 5.97 Å². The third kappa shape index (κ3) is 5.20. The maximum Gasteiger partial charge on any atom is 0.343 e. The molecule has 2 aliphatic rings. The van der Waals surface area contributed by atoms with Crippen molar-refractivity contribution in [3.63, 3.8) is 0 Å². The monoisotopic (exact) mass is 427 g/mol. The molecule has 1 saturated heterocycles. The van der Waals surface area contributed by atoms with Gasteiger partial charge >= 0.3 is 5.97 Å². The Balaban J connectivity index is 1.39. The Labute approximate surface area is 183 Å². The number of benzene rings is 1. The average molecular weight is 428 g/mol. The molecule has 1 aromatic heterocycles. The quantitative estimate of drug-likeness (QED) is 0.655. The van der Waals surface area contributed by atoms with Gasteiger partial charge in [0.2, 0.25) is 0 Å². The first-order chi connectivity index (χ1) is 15.1. The molecule has 168 valence electrons. The molecule has 2 heterocycles. The van der Waals surface area contributed by atoms with Crippen LogP contribution < -0.4 is 0 Å². The maximum atomic E-state index is 13.1. The van der Waals surface area contributed by atoms with Gasteiger partial charge in [0.15, 0.2) is 5.60 Å². The number of rotatable bonds is 7. The molecule has 0 bridgehead atoms. The van der Waals surface area contributed by atoms with Crippen LogP contribution in [-0.2, 0) is 28.3 Å². The summed E-state index contributed by atoms with van der Waals surface area (Å²) in [5, 5.41) is 21.2. The first kappa shape index (κ1) is 22.1. The van der Waals surface area contributed by atoms with Gasteiger partial charge in [-0.25, -0.2) is 4.79 Å². The molecule has 0 unspecified atom stereocenters. The van der Waals surface area contributed by atoms with E-state index >= 15 is 0 Å². The molecule has 1 atom stereocenters. The van der Waals surface area contributed by atoms with Crippen molar-refractivity contribution in [2.45, 2.75) is 69.8 Å². The average Bonchev–Trinajstić information content (AvgIpc) is 3.27. The summed E-state index contributed by atoms with van der Waals surface area (Å²) in [4.78, 5) is 15.4. The van der Waals surface area contributed by atoms with Gasteiger partial charge in [-0.1, -0.05) is 49.6 Å². The highest BCUT2D eigenvalue weighted by Gasteiger charge is 2.47. The molecule has 2 fully saturated rings. The minimum absolute atomic E-state index is 0.000584. The van der Waals surface area contributed by atoms with Gasteiger partial charge in [0.25, 0.3) is 0 Å². The van der Waals surface area contributed by atoms with Crippen LogP contribution in [0.25, 0.3) is 0 Å². The van der Waals surface area contributed by atoms with E-state index in [-0.39, 0.29) is 18.6 Å². The minimum Gasteiger partial charge on any atom is -0.461 e. The molecule has 0 spiro atoms. The summed E-state index contributed by atoms with van der Waals surface area (Å²) in [5.41, 5.74) is -1.04. The molecule has 1 aromatic carbocycles. The number of carbonyl (C=O) groups excluding carboxylic acids is 1. The van der Waals surface area contributed by atoms with Crippen LogP contribution in [0, 0.1) is 5.92 Å². The van der Waals surface area contributed by atoms with E-state index in [4.69, 9.17) is 9.15 Å². The Morgan fingerprint density at radius 2 is 1.68 bits per heavy atom. The van der Waals surface area contributed by atoms with E-state index in [1.807, 2.05) is 30.3 Å².